The van der Waals surface area contributed by atoms with Gasteiger partial charge in [-0.2, -0.15) is 0 Å². The molecule has 0 aromatic carbocycles. The van der Waals surface area contributed by atoms with Gasteiger partial charge in [-0.25, -0.2) is 4.98 Å². The number of rotatable bonds is 2. The lowest BCUT2D eigenvalue weighted by Crippen LogP contribution is -2.37. The number of nitrogens with zero attached hydrogens (tertiary/aromatic N) is 2. The van der Waals surface area contributed by atoms with Crippen molar-refractivity contribution in [2.45, 2.75) is 39.7 Å². The van der Waals surface area contributed by atoms with E-state index in [1.54, 1.807) is 0 Å². The van der Waals surface area contributed by atoms with E-state index in [2.05, 4.69) is 29.8 Å². The predicted molar refractivity (Wildman–Crippen MR) is 72.1 cm³/mol. The van der Waals surface area contributed by atoms with Crippen molar-refractivity contribution in [1.29, 1.82) is 0 Å². The van der Waals surface area contributed by atoms with Crippen LogP contribution in [0.4, 0.5) is 5.82 Å². The summed E-state index contributed by atoms with van der Waals surface area (Å²) < 4.78 is 0. The monoisotopic (exact) mass is 233 g/mol. The summed E-state index contributed by atoms with van der Waals surface area (Å²) in [6.45, 7) is 8.90. The smallest absolute Gasteiger partial charge is 0.128 e. The van der Waals surface area contributed by atoms with Crippen molar-refractivity contribution in [2.24, 2.45) is 11.1 Å². The Balaban J connectivity index is 2.10. The van der Waals surface area contributed by atoms with Crippen molar-refractivity contribution in [2.75, 3.05) is 18.0 Å². The lowest BCUT2D eigenvalue weighted by Gasteiger charge is -2.37. The van der Waals surface area contributed by atoms with E-state index < -0.39 is 0 Å². The van der Waals surface area contributed by atoms with Crippen LogP contribution < -0.4 is 10.6 Å². The Hall–Kier alpha value is -1.09. The minimum atomic E-state index is 0.0815. The second kappa shape index (κ2) is 4.65. The topological polar surface area (TPSA) is 42.1 Å². The van der Waals surface area contributed by atoms with E-state index in [1.807, 2.05) is 19.2 Å². The Morgan fingerprint density at radius 3 is 2.59 bits per heavy atom. The third kappa shape index (κ3) is 2.97. The van der Waals surface area contributed by atoms with E-state index in [9.17, 15) is 0 Å². The third-order valence-electron chi connectivity index (χ3n) is 3.74. The molecule has 0 aliphatic carbocycles. The minimum absolute atomic E-state index is 0.0815. The molecular weight excluding hydrogens is 210 g/mol. The van der Waals surface area contributed by atoms with Crippen molar-refractivity contribution < 1.29 is 0 Å². The maximum absolute atomic E-state index is 5.91. The summed E-state index contributed by atoms with van der Waals surface area (Å²) in [5, 5.41) is 0. The molecule has 3 nitrogen and oxygen atoms in total. The number of pyridine rings is 1. The SMILES string of the molecule is C[C@H](N)c1ccnc(N2CCC(C)(C)CC2)c1. The molecule has 1 aliphatic rings. The van der Waals surface area contributed by atoms with Crippen LogP contribution in [0.15, 0.2) is 18.3 Å². The molecule has 1 fully saturated rings. The standard InChI is InChI=1S/C14H23N3/c1-11(15)12-4-7-16-13(10-12)17-8-5-14(2,3)6-9-17/h4,7,10-11H,5-6,8-9,15H2,1-3H3/t11-/m0/s1. The van der Waals surface area contributed by atoms with Gasteiger partial charge in [0.2, 0.25) is 0 Å². The predicted octanol–water partition coefficient (Wildman–Crippen LogP) is 2.73. The molecule has 1 atom stereocenters. The molecule has 0 bridgehead atoms. The van der Waals surface area contributed by atoms with Gasteiger partial charge < -0.3 is 10.6 Å². The number of hydrogen-bond donors (Lipinski definition) is 1. The third-order valence-corrected chi connectivity index (χ3v) is 3.74. The fraction of sp³-hybridized carbons (Fsp3) is 0.643. The van der Waals surface area contributed by atoms with Gasteiger partial charge in [0.1, 0.15) is 5.82 Å². The van der Waals surface area contributed by atoms with E-state index in [1.165, 1.54) is 18.4 Å². The van der Waals surface area contributed by atoms with Crippen LogP contribution in [0.5, 0.6) is 0 Å². The molecule has 1 aliphatic heterocycles. The molecular formula is C14H23N3. The van der Waals surface area contributed by atoms with Gasteiger partial charge in [-0.05, 0) is 42.9 Å². The first-order chi connectivity index (χ1) is 7.98. The van der Waals surface area contributed by atoms with E-state index in [0.29, 0.717) is 5.41 Å². The fourth-order valence-corrected chi connectivity index (χ4v) is 2.23. The van der Waals surface area contributed by atoms with Crippen LogP contribution in [0.2, 0.25) is 0 Å². The zero-order valence-electron chi connectivity index (χ0n) is 11.1. The summed E-state index contributed by atoms with van der Waals surface area (Å²) in [5.41, 5.74) is 7.56. The second-order valence-corrected chi connectivity index (χ2v) is 5.89. The van der Waals surface area contributed by atoms with Gasteiger partial charge in [-0.1, -0.05) is 13.8 Å². The lowest BCUT2D eigenvalue weighted by atomic mass is 9.83. The van der Waals surface area contributed by atoms with Crippen LogP contribution in [-0.4, -0.2) is 18.1 Å². The van der Waals surface area contributed by atoms with E-state index in [4.69, 9.17) is 5.73 Å². The van der Waals surface area contributed by atoms with Crippen LogP contribution in [0.1, 0.15) is 45.2 Å². The number of aromatic nitrogens is 1. The van der Waals surface area contributed by atoms with Crippen molar-refractivity contribution in [1.82, 2.24) is 4.98 Å². The Kier molecular flexibility index (Phi) is 3.38. The molecule has 1 aromatic rings. The maximum Gasteiger partial charge on any atom is 0.128 e. The number of hydrogen-bond acceptors (Lipinski definition) is 3. The summed E-state index contributed by atoms with van der Waals surface area (Å²) in [5.74, 6) is 1.08. The Morgan fingerprint density at radius 1 is 1.35 bits per heavy atom. The highest BCUT2D eigenvalue weighted by Crippen LogP contribution is 2.31. The highest BCUT2D eigenvalue weighted by molar-refractivity contribution is 5.42. The van der Waals surface area contributed by atoms with Crippen LogP contribution in [0.25, 0.3) is 0 Å². The fourth-order valence-electron chi connectivity index (χ4n) is 2.23. The summed E-state index contributed by atoms with van der Waals surface area (Å²) in [6.07, 6.45) is 4.34. The number of anilines is 1. The molecule has 1 aromatic heterocycles. The zero-order valence-corrected chi connectivity index (χ0v) is 11.1. The average molecular weight is 233 g/mol. The molecule has 2 N–H and O–H groups in total. The maximum atomic E-state index is 5.91. The van der Waals surface area contributed by atoms with Gasteiger partial charge in [0.15, 0.2) is 0 Å². The highest BCUT2D eigenvalue weighted by Gasteiger charge is 2.25. The summed E-state index contributed by atoms with van der Waals surface area (Å²) in [7, 11) is 0. The van der Waals surface area contributed by atoms with Crippen molar-refractivity contribution in [3.8, 4) is 0 Å². The Morgan fingerprint density at radius 2 is 2.00 bits per heavy atom. The second-order valence-electron chi connectivity index (χ2n) is 5.89. The molecule has 3 heteroatoms. The quantitative estimate of drug-likeness (QED) is 0.854. The van der Waals surface area contributed by atoms with Gasteiger partial charge in [0.05, 0.1) is 0 Å². The first-order valence-corrected chi connectivity index (χ1v) is 6.44. The molecule has 0 unspecified atom stereocenters. The number of nitrogens with two attached hydrogens (primary N) is 1. The number of piperidine rings is 1. The largest absolute Gasteiger partial charge is 0.357 e. The summed E-state index contributed by atoms with van der Waals surface area (Å²) >= 11 is 0. The zero-order chi connectivity index (χ0) is 12.5. The van der Waals surface area contributed by atoms with Crippen LogP contribution in [0.3, 0.4) is 0 Å². The molecule has 0 amide bonds. The Labute approximate surface area is 104 Å². The first kappa shape index (κ1) is 12.4. The summed E-state index contributed by atoms with van der Waals surface area (Å²) in [6, 6.07) is 4.21. The summed E-state index contributed by atoms with van der Waals surface area (Å²) in [4.78, 5) is 6.84. The van der Waals surface area contributed by atoms with Crippen molar-refractivity contribution in [3.63, 3.8) is 0 Å². The lowest BCUT2D eigenvalue weighted by molar-refractivity contribution is 0.279. The van der Waals surface area contributed by atoms with Gasteiger partial charge in [0, 0.05) is 25.3 Å². The molecule has 1 saturated heterocycles. The molecule has 94 valence electrons. The van der Waals surface area contributed by atoms with Crippen LogP contribution in [0, 0.1) is 5.41 Å². The molecule has 17 heavy (non-hydrogen) atoms. The van der Waals surface area contributed by atoms with Crippen LogP contribution in [-0.2, 0) is 0 Å². The molecule has 2 heterocycles. The Bertz CT molecular complexity index is 375. The van der Waals surface area contributed by atoms with Gasteiger partial charge in [-0.3, -0.25) is 0 Å². The van der Waals surface area contributed by atoms with Crippen LogP contribution >= 0.6 is 0 Å². The first-order valence-electron chi connectivity index (χ1n) is 6.44. The highest BCUT2D eigenvalue weighted by atomic mass is 15.2. The molecule has 0 saturated carbocycles. The van der Waals surface area contributed by atoms with Crippen molar-refractivity contribution in [3.05, 3.63) is 23.9 Å². The minimum Gasteiger partial charge on any atom is -0.357 e. The van der Waals surface area contributed by atoms with E-state index >= 15 is 0 Å². The van der Waals surface area contributed by atoms with Gasteiger partial charge in [0.25, 0.3) is 0 Å². The molecule has 0 radical (unpaired) electrons. The van der Waals surface area contributed by atoms with Gasteiger partial charge >= 0.3 is 0 Å². The van der Waals surface area contributed by atoms with Gasteiger partial charge in [-0.15, -0.1) is 0 Å². The average Bonchev–Trinajstić information content (AvgIpc) is 2.29. The normalized spacial score (nSPS) is 21.3. The molecule has 0 spiro atoms. The van der Waals surface area contributed by atoms with E-state index in [-0.39, 0.29) is 6.04 Å². The van der Waals surface area contributed by atoms with Crippen molar-refractivity contribution >= 4 is 5.82 Å². The van der Waals surface area contributed by atoms with E-state index in [0.717, 1.165) is 18.9 Å². The molecule has 2 rings (SSSR count).